The maximum Gasteiger partial charge on any atom is 0.266 e. The maximum atomic E-state index is 15.0. The molecule has 3 aliphatic rings. The Kier molecular flexibility index (Phi) is 8.52. The molecule has 0 saturated carbocycles. The quantitative estimate of drug-likeness (QED) is 0.165. The van der Waals surface area contributed by atoms with Gasteiger partial charge in [0, 0.05) is 23.8 Å². The van der Waals surface area contributed by atoms with E-state index in [-0.39, 0.29) is 36.0 Å². The van der Waals surface area contributed by atoms with Crippen LogP contribution in [0, 0.1) is 5.92 Å². The van der Waals surface area contributed by atoms with Gasteiger partial charge in [0.05, 0.1) is 44.8 Å². The minimum absolute atomic E-state index is 0.0232. The van der Waals surface area contributed by atoms with Crippen LogP contribution < -0.4 is 24.5 Å². The molecule has 8 rings (SSSR count). The number of fused-ring (bicyclic) bond motifs is 4. The molecule has 3 heterocycles. The maximum absolute atomic E-state index is 15.0. The molecule has 8 nitrogen and oxygen atoms in total. The number of hydrogen-bond acceptors (Lipinski definition) is 6. The molecular formula is C43H42N2O6Si. The molecule has 4 atom stereocenters. The van der Waals surface area contributed by atoms with E-state index in [2.05, 4.69) is 32.2 Å². The lowest BCUT2D eigenvalue weighted by atomic mass is 9.82. The molecule has 0 aliphatic carbocycles. The molecular weight excluding hydrogens is 669 g/mol. The van der Waals surface area contributed by atoms with Gasteiger partial charge < -0.3 is 24.2 Å². The van der Waals surface area contributed by atoms with Crippen molar-refractivity contribution in [2.24, 2.45) is 5.92 Å². The van der Waals surface area contributed by atoms with Gasteiger partial charge in [0.15, 0.2) is 11.4 Å². The van der Waals surface area contributed by atoms with Crippen LogP contribution in [0.1, 0.15) is 34.8 Å². The third-order valence-corrected chi connectivity index (χ3v) is 15.7. The van der Waals surface area contributed by atoms with Crippen molar-refractivity contribution < 1.29 is 28.9 Å². The van der Waals surface area contributed by atoms with Crippen LogP contribution in [-0.4, -0.2) is 44.8 Å². The van der Waals surface area contributed by atoms with Crippen LogP contribution in [-0.2, 0) is 21.7 Å². The van der Waals surface area contributed by atoms with Crippen LogP contribution in [0.5, 0.6) is 17.2 Å². The van der Waals surface area contributed by atoms with Crippen LogP contribution in [0.3, 0.4) is 0 Å². The summed E-state index contributed by atoms with van der Waals surface area (Å²) < 4.78 is 18.6. The van der Waals surface area contributed by atoms with Crippen LogP contribution in [0.25, 0.3) is 0 Å². The van der Waals surface area contributed by atoms with E-state index in [0.29, 0.717) is 41.4 Å². The summed E-state index contributed by atoms with van der Waals surface area (Å²) in [4.78, 5) is 32.5. The van der Waals surface area contributed by atoms with E-state index in [1.807, 2.05) is 102 Å². The van der Waals surface area contributed by atoms with E-state index in [1.165, 1.54) is 5.19 Å². The fourth-order valence-electron chi connectivity index (χ4n) is 8.82. The second-order valence-corrected chi connectivity index (χ2v) is 19.1. The fraction of sp³-hybridized carbons (Fsp3) is 0.256. The van der Waals surface area contributed by atoms with Crippen molar-refractivity contribution in [3.05, 3.63) is 138 Å². The van der Waals surface area contributed by atoms with Gasteiger partial charge in [-0.1, -0.05) is 91.9 Å². The second kappa shape index (κ2) is 13.1. The van der Waals surface area contributed by atoms with Crippen LogP contribution in [0.2, 0.25) is 18.6 Å². The van der Waals surface area contributed by atoms with Crippen LogP contribution >= 0.6 is 0 Å². The van der Waals surface area contributed by atoms with Gasteiger partial charge in [-0.2, -0.15) is 0 Å². The molecule has 0 bridgehead atoms. The Morgan fingerprint density at radius 3 is 2.17 bits per heavy atom. The second-order valence-electron chi connectivity index (χ2n) is 14.5. The van der Waals surface area contributed by atoms with Gasteiger partial charge in [-0.15, -0.1) is 0 Å². The van der Waals surface area contributed by atoms with Gasteiger partial charge in [0.2, 0.25) is 0 Å². The minimum atomic E-state index is -2.27. The van der Waals surface area contributed by atoms with E-state index < -0.39 is 13.7 Å². The number of amides is 2. The molecule has 5 aromatic rings. The normalized spacial score (nSPS) is 22.1. The highest BCUT2D eigenvalue weighted by atomic mass is 28.3. The van der Waals surface area contributed by atoms with Gasteiger partial charge >= 0.3 is 0 Å². The third kappa shape index (κ3) is 5.26. The number of ether oxygens (including phenoxy) is 3. The molecule has 1 saturated heterocycles. The molecule has 0 aromatic heterocycles. The Morgan fingerprint density at radius 1 is 0.808 bits per heavy atom. The molecule has 9 heteroatoms. The standard InChI is InChI=1S/C43H42N2O6Si/c1-28-40(52(3,4)32-23-21-31(49-2)22-24-32)39(25-26-46)51-43(28)34-12-6-7-13-35(34)44(42(43)48)27-29-17-19-30(20-18-29)45-36-14-8-10-16-38(36)50-37-15-9-5-11-33(37)41(45)47/h5-24,28,39-40,46H,25-27H2,1-4H3/t28-,39+,40-,43+/m0/s1. The lowest BCUT2D eigenvalue weighted by Gasteiger charge is -2.37. The highest BCUT2D eigenvalue weighted by Crippen LogP contribution is 2.60. The average molecular weight is 711 g/mol. The van der Waals surface area contributed by atoms with Crippen LogP contribution in [0.15, 0.2) is 121 Å². The number of aliphatic hydroxyl groups is 1. The van der Waals surface area contributed by atoms with Crippen molar-refractivity contribution >= 4 is 42.1 Å². The summed E-state index contributed by atoms with van der Waals surface area (Å²) in [5.41, 5.74) is 3.34. The smallest absolute Gasteiger partial charge is 0.266 e. The average Bonchev–Trinajstić information content (AvgIpc) is 3.54. The van der Waals surface area contributed by atoms with Gasteiger partial charge in [-0.05, 0) is 72.1 Å². The number of benzene rings is 5. The predicted molar refractivity (Wildman–Crippen MR) is 205 cm³/mol. The summed E-state index contributed by atoms with van der Waals surface area (Å²) in [6.07, 6.45) is 0.164. The molecule has 1 spiro atoms. The van der Waals surface area contributed by atoms with Crippen molar-refractivity contribution in [1.29, 1.82) is 0 Å². The molecule has 1 N–H and O–H groups in total. The summed E-state index contributed by atoms with van der Waals surface area (Å²) in [6, 6.07) is 38.8. The highest BCUT2D eigenvalue weighted by molar-refractivity contribution is 6.91. The molecule has 3 aliphatic heterocycles. The SMILES string of the molecule is COc1ccc([Si](C)(C)[C@@H]2[C@@H](CCO)O[C@]3(C(=O)N(Cc4ccc(N5C(=O)c6ccccc6Oc6ccccc65)cc4)c4ccccc43)[C@H]2C)cc1. The molecule has 2 amide bonds. The Labute approximate surface area is 305 Å². The van der Waals surface area contributed by atoms with Crippen molar-refractivity contribution in [2.45, 2.75) is 50.2 Å². The van der Waals surface area contributed by atoms with Gasteiger partial charge in [0.1, 0.15) is 11.5 Å². The molecule has 0 radical (unpaired) electrons. The number of carbonyl (C=O) groups is 2. The third-order valence-electron chi connectivity index (χ3n) is 11.3. The van der Waals surface area contributed by atoms with E-state index in [4.69, 9.17) is 14.2 Å². The highest BCUT2D eigenvalue weighted by Gasteiger charge is 2.66. The fourth-order valence-corrected chi connectivity index (χ4v) is 12.9. The Bertz CT molecular complexity index is 2150. The Hall–Kier alpha value is -5.22. The number of anilines is 3. The predicted octanol–water partition coefficient (Wildman–Crippen LogP) is 7.92. The zero-order chi connectivity index (χ0) is 36.2. The van der Waals surface area contributed by atoms with Crippen molar-refractivity contribution in [3.63, 3.8) is 0 Å². The van der Waals surface area contributed by atoms with E-state index in [0.717, 1.165) is 22.6 Å². The lowest BCUT2D eigenvalue weighted by Crippen LogP contribution is -2.51. The summed E-state index contributed by atoms with van der Waals surface area (Å²) >= 11 is 0. The number of rotatable bonds is 8. The zero-order valence-electron chi connectivity index (χ0n) is 29.8. The Morgan fingerprint density at radius 2 is 1.46 bits per heavy atom. The largest absolute Gasteiger partial charge is 0.497 e. The minimum Gasteiger partial charge on any atom is -0.497 e. The molecule has 52 heavy (non-hydrogen) atoms. The van der Waals surface area contributed by atoms with E-state index in [1.54, 1.807) is 24.1 Å². The van der Waals surface area contributed by atoms with E-state index >= 15 is 0 Å². The molecule has 5 aromatic carbocycles. The molecule has 264 valence electrons. The first-order valence-corrected chi connectivity index (χ1v) is 20.9. The van der Waals surface area contributed by atoms with Crippen molar-refractivity contribution in [3.8, 4) is 17.2 Å². The van der Waals surface area contributed by atoms with Gasteiger partial charge in [0.25, 0.3) is 11.8 Å². The first-order valence-electron chi connectivity index (χ1n) is 17.8. The zero-order valence-corrected chi connectivity index (χ0v) is 30.8. The first kappa shape index (κ1) is 33.9. The topological polar surface area (TPSA) is 88.5 Å². The first-order chi connectivity index (χ1) is 25.2. The summed E-state index contributed by atoms with van der Waals surface area (Å²) in [6.45, 7) is 7.14. The number of aliphatic hydroxyl groups excluding tert-OH is 1. The summed E-state index contributed by atoms with van der Waals surface area (Å²) in [5, 5.41) is 11.5. The van der Waals surface area contributed by atoms with Crippen molar-refractivity contribution in [2.75, 3.05) is 23.5 Å². The number of nitrogens with zero attached hydrogens (tertiary/aromatic N) is 2. The van der Waals surface area contributed by atoms with Gasteiger partial charge in [-0.25, -0.2) is 0 Å². The molecule has 0 unspecified atom stereocenters. The van der Waals surface area contributed by atoms with E-state index in [9.17, 15) is 14.7 Å². The number of hydrogen-bond donors (Lipinski definition) is 1. The number of methoxy groups -OCH3 is 1. The Balaban J connectivity index is 1.12. The van der Waals surface area contributed by atoms with Crippen LogP contribution in [0.4, 0.5) is 17.1 Å². The monoisotopic (exact) mass is 710 g/mol. The molecule has 1 fully saturated rings. The van der Waals surface area contributed by atoms with Crippen molar-refractivity contribution in [1.82, 2.24) is 0 Å². The lowest BCUT2D eigenvalue weighted by molar-refractivity contribution is -0.146. The number of para-hydroxylation sites is 4. The van der Waals surface area contributed by atoms with Gasteiger partial charge in [-0.3, -0.25) is 14.5 Å². The summed E-state index contributed by atoms with van der Waals surface area (Å²) in [7, 11) is -0.603. The summed E-state index contributed by atoms with van der Waals surface area (Å²) in [5.74, 6) is 1.50. The number of carbonyl (C=O) groups excluding carboxylic acids is 2.